The number of rotatable bonds is 11. The van der Waals surface area contributed by atoms with Crippen molar-refractivity contribution < 1.29 is 22.7 Å². The third-order valence-corrected chi connectivity index (χ3v) is 9.98. The average molecular weight is 633 g/mol. The molecule has 1 aliphatic rings. The molecule has 4 rings (SSSR count). The second-order valence-electron chi connectivity index (χ2n) is 10.4. The van der Waals surface area contributed by atoms with Crippen molar-refractivity contribution in [3.63, 3.8) is 0 Å². The summed E-state index contributed by atoms with van der Waals surface area (Å²) in [6.07, 6.45) is 3.81. The lowest BCUT2D eigenvalue weighted by atomic mass is 10.1. The predicted molar refractivity (Wildman–Crippen MR) is 166 cm³/mol. The van der Waals surface area contributed by atoms with Gasteiger partial charge in [-0.05, 0) is 63.1 Å². The fraction of sp³-hybridized carbons (Fsp3) is 0.355. The Kier molecular flexibility index (Phi) is 10.4. The molecular weight excluding hydrogens is 597 g/mol. The van der Waals surface area contributed by atoms with Gasteiger partial charge in [0.1, 0.15) is 18.3 Å². The molecule has 0 saturated heterocycles. The zero-order valence-corrected chi connectivity index (χ0v) is 26.2. The number of para-hydroxylation sites is 2. The van der Waals surface area contributed by atoms with Gasteiger partial charge in [-0.2, -0.15) is 0 Å². The number of methoxy groups -OCH3 is 1. The largest absolute Gasteiger partial charge is 0.495 e. The molecule has 0 aromatic heterocycles. The number of hydrogen-bond donors (Lipinski definition) is 1. The lowest BCUT2D eigenvalue weighted by Crippen LogP contribution is -2.52. The molecule has 1 saturated carbocycles. The zero-order valence-electron chi connectivity index (χ0n) is 23.8. The molecule has 1 unspecified atom stereocenters. The summed E-state index contributed by atoms with van der Waals surface area (Å²) in [5.74, 6) is -0.668. The van der Waals surface area contributed by atoms with Gasteiger partial charge in [0.15, 0.2) is 0 Å². The molecule has 1 N–H and O–H groups in total. The molecule has 1 atom stereocenters. The smallest absolute Gasteiger partial charge is 0.264 e. The zero-order chi connectivity index (χ0) is 30.4. The van der Waals surface area contributed by atoms with Gasteiger partial charge in [0.05, 0.1) is 17.7 Å². The van der Waals surface area contributed by atoms with Crippen molar-refractivity contribution in [2.24, 2.45) is 0 Å². The van der Waals surface area contributed by atoms with Crippen LogP contribution in [0.15, 0.2) is 71.6 Å². The average Bonchev–Trinajstić information content (AvgIpc) is 3.48. The summed E-state index contributed by atoms with van der Waals surface area (Å²) in [5, 5.41) is 3.71. The van der Waals surface area contributed by atoms with Crippen molar-refractivity contribution in [3.8, 4) is 5.75 Å². The van der Waals surface area contributed by atoms with E-state index in [-0.39, 0.29) is 34.8 Å². The molecule has 42 heavy (non-hydrogen) atoms. The highest BCUT2D eigenvalue weighted by atomic mass is 35.5. The van der Waals surface area contributed by atoms with E-state index in [4.69, 9.17) is 27.9 Å². The maximum atomic E-state index is 14.2. The Morgan fingerprint density at radius 2 is 1.60 bits per heavy atom. The van der Waals surface area contributed by atoms with Crippen molar-refractivity contribution in [1.29, 1.82) is 0 Å². The van der Waals surface area contributed by atoms with Crippen LogP contribution >= 0.6 is 23.2 Å². The number of carbonyl (C=O) groups excluding carboxylic acids is 2. The van der Waals surface area contributed by atoms with E-state index in [1.54, 1.807) is 61.5 Å². The van der Waals surface area contributed by atoms with Crippen LogP contribution in [0.5, 0.6) is 5.75 Å². The maximum absolute atomic E-state index is 14.2. The van der Waals surface area contributed by atoms with Gasteiger partial charge in [-0.3, -0.25) is 13.9 Å². The Bertz CT molecular complexity index is 1510. The molecule has 224 valence electrons. The van der Waals surface area contributed by atoms with Gasteiger partial charge in [0.25, 0.3) is 10.0 Å². The van der Waals surface area contributed by atoms with Gasteiger partial charge in [0.2, 0.25) is 11.8 Å². The van der Waals surface area contributed by atoms with Crippen LogP contribution in [0.3, 0.4) is 0 Å². The molecular formula is C31H35Cl2N3O5S. The summed E-state index contributed by atoms with van der Waals surface area (Å²) in [5.41, 5.74) is 1.53. The Balaban J connectivity index is 1.74. The Hall–Kier alpha value is -3.27. The maximum Gasteiger partial charge on any atom is 0.264 e. The fourth-order valence-corrected chi connectivity index (χ4v) is 6.96. The molecule has 0 bridgehead atoms. The van der Waals surface area contributed by atoms with Crippen LogP contribution in [0.1, 0.15) is 43.7 Å². The first kappa shape index (κ1) is 31.7. The first-order valence-corrected chi connectivity index (χ1v) is 16.0. The number of aryl methyl sites for hydroxylation is 1. The number of sulfonamides is 1. The standard InChI is InChI=1S/C31H35Cl2N3O5S/c1-21-15-17-24(18-16-21)42(39,40)36(28-13-6-7-14-29(28)41-3)20-30(37)35(19-25-26(32)11-8-12-27(25)33)22(2)31(38)34-23-9-4-5-10-23/h6-8,11-18,22-23H,4-5,9-10,19-20H2,1-3H3,(H,34,38). The van der Waals surface area contributed by atoms with Crippen molar-refractivity contribution in [1.82, 2.24) is 10.2 Å². The Morgan fingerprint density at radius 3 is 2.21 bits per heavy atom. The van der Waals surface area contributed by atoms with Crippen LogP contribution in [0.25, 0.3) is 0 Å². The molecule has 1 aliphatic carbocycles. The van der Waals surface area contributed by atoms with Crippen LogP contribution in [-0.2, 0) is 26.2 Å². The number of nitrogens with one attached hydrogen (secondary N) is 1. The summed E-state index contributed by atoms with van der Waals surface area (Å²) >= 11 is 12.9. The van der Waals surface area contributed by atoms with Crippen molar-refractivity contribution in [2.45, 2.75) is 63.1 Å². The van der Waals surface area contributed by atoms with Gasteiger partial charge >= 0.3 is 0 Å². The van der Waals surface area contributed by atoms with Crippen LogP contribution < -0.4 is 14.4 Å². The molecule has 3 aromatic carbocycles. The van der Waals surface area contributed by atoms with Gasteiger partial charge in [-0.15, -0.1) is 0 Å². The number of hydrogen-bond acceptors (Lipinski definition) is 5. The van der Waals surface area contributed by atoms with Crippen LogP contribution in [0.4, 0.5) is 5.69 Å². The fourth-order valence-electron chi connectivity index (χ4n) is 5.01. The third kappa shape index (κ3) is 7.19. The van der Waals surface area contributed by atoms with E-state index in [2.05, 4.69) is 5.32 Å². The van der Waals surface area contributed by atoms with Crippen molar-refractivity contribution in [2.75, 3.05) is 18.0 Å². The van der Waals surface area contributed by atoms with E-state index < -0.39 is 28.5 Å². The molecule has 0 spiro atoms. The third-order valence-electron chi connectivity index (χ3n) is 7.50. The van der Waals surface area contributed by atoms with Crippen LogP contribution in [0.2, 0.25) is 10.0 Å². The molecule has 1 fully saturated rings. The minimum absolute atomic E-state index is 0.0135. The SMILES string of the molecule is COc1ccccc1N(CC(=O)N(Cc1c(Cl)cccc1Cl)C(C)C(=O)NC1CCCC1)S(=O)(=O)c1ccc(C)cc1. The van der Waals surface area contributed by atoms with E-state index in [1.807, 2.05) is 6.92 Å². The van der Waals surface area contributed by atoms with Crippen molar-refractivity contribution in [3.05, 3.63) is 87.9 Å². The molecule has 0 radical (unpaired) electrons. The van der Waals surface area contributed by atoms with Gasteiger partial charge in [-0.25, -0.2) is 8.42 Å². The minimum Gasteiger partial charge on any atom is -0.495 e. The first-order chi connectivity index (χ1) is 20.0. The lowest BCUT2D eigenvalue weighted by molar-refractivity contribution is -0.139. The van der Waals surface area contributed by atoms with Gasteiger partial charge in [-0.1, -0.05) is 71.9 Å². The van der Waals surface area contributed by atoms with E-state index in [9.17, 15) is 18.0 Å². The highest BCUT2D eigenvalue weighted by Gasteiger charge is 2.35. The summed E-state index contributed by atoms with van der Waals surface area (Å²) in [4.78, 5) is 28.9. The Labute approximate surface area is 257 Å². The Morgan fingerprint density at radius 1 is 0.976 bits per heavy atom. The molecule has 3 aromatic rings. The number of ether oxygens (including phenoxy) is 1. The van der Waals surface area contributed by atoms with Gasteiger partial charge < -0.3 is 15.0 Å². The predicted octanol–water partition coefficient (Wildman–Crippen LogP) is 5.98. The quantitative estimate of drug-likeness (QED) is 0.281. The van der Waals surface area contributed by atoms with E-state index in [1.165, 1.54) is 24.1 Å². The monoisotopic (exact) mass is 631 g/mol. The summed E-state index contributed by atoms with van der Waals surface area (Å²) in [7, 11) is -2.80. The second kappa shape index (κ2) is 13.8. The minimum atomic E-state index is -4.23. The van der Waals surface area contributed by atoms with Crippen LogP contribution in [0, 0.1) is 6.92 Å². The van der Waals surface area contributed by atoms with E-state index in [0.29, 0.717) is 15.6 Å². The first-order valence-electron chi connectivity index (χ1n) is 13.8. The van der Waals surface area contributed by atoms with Gasteiger partial charge in [0, 0.05) is 28.2 Å². The number of amides is 2. The highest BCUT2D eigenvalue weighted by molar-refractivity contribution is 7.92. The molecule has 11 heteroatoms. The van der Waals surface area contributed by atoms with Crippen LogP contribution in [-0.4, -0.2) is 50.9 Å². The van der Waals surface area contributed by atoms with E-state index in [0.717, 1.165) is 35.6 Å². The molecule has 8 nitrogen and oxygen atoms in total. The topological polar surface area (TPSA) is 96.0 Å². The summed E-state index contributed by atoms with van der Waals surface area (Å²) in [6.45, 7) is 2.78. The number of nitrogens with zero attached hydrogens (tertiary/aromatic N) is 2. The number of halogens is 2. The number of benzene rings is 3. The normalized spacial score (nSPS) is 14.3. The van der Waals surface area contributed by atoms with Crippen molar-refractivity contribution >= 4 is 50.7 Å². The molecule has 0 heterocycles. The molecule has 2 amide bonds. The number of carbonyl (C=O) groups is 2. The lowest BCUT2D eigenvalue weighted by Gasteiger charge is -2.33. The second-order valence-corrected chi connectivity index (χ2v) is 13.1. The highest BCUT2D eigenvalue weighted by Crippen LogP contribution is 2.33. The summed E-state index contributed by atoms with van der Waals surface area (Å²) < 4.78 is 34.6. The summed E-state index contributed by atoms with van der Waals surface area (Å²) in [6, 6.07) is 17.0. The van der Waals surface area contributed by atoms with E-state index >= 15 is 0 Å². The number of anilines is 1. The molecule has 0 aliphatic heterocycles.